The van der Waals surface area contributed by atoms with Crippen molar-refractivity contribution in [2.45, 2.75) is 109 Å². The maximum atomic E-state index is 11.5. The summed E-state index contributed by atoms with van der Waals surface area (Å²) < 4.78 is 18.7. The maximum absolute atomic E-state index is 11.5. The zero-order chi connectivity index (χ0) is 30.4. The van der Waals surface area contributed by atoms with Gasteiger partial charge in [-0.2, -0.15) is 0 Å². The molecule has 0 aromatic heterocycles. The number of carbonyl (C=O) groups is 1. The molecular formula is C34H54O5Si2. The van der Waals surface area contributed by atoms with Crippen LogP contribution < -0.4 is 10.4 Å². The first-order valence-electron chi connectivity index (χ1n) is 15.2. The molecule has 2 aromatic carbocycles. The Hall–Kier alpha value is -2.04. The van der Waals surface area contributed by atoms with E-state index < -0.39 is 22.4 Å². The average molecular weight is 599 g/mol. The fourth-order valence-electron chi connectivity index (χ4n) is 5.12. The quantitative estimate of drug-likeness (QED) is 0.0780. The molecule has 41 heavy (non-hydrogen) atoms. The second-order valence-corrected chi connectivity index (χ2v) is 23.2. The number of hydrogen-bond donors (Lipinski definition) is 1. The predicted molar refractivity (Wildman–Crippen MR) is 176 cm³/mol. The zero-order valence-corrected chi connectivity index (χ0v) is 28.5. The predicted octanol–water partition coefficient (Wildman–Crippen LogP) is 7.63. The van der Waals surface area contributed by atoms with Crippen LogP contribution in [0.3, 0.4) is 0 Å². The van der Waals surface area contributed by atoms with Crippen LogP contribution in [0.5, 0.6) is 0 Å². The van der Waals surface area contributed by atoms with Crippen LogP contribution >= 0.6 is 0 Å². The Bertz CT molecular complexity index is 989. The topological polar surface area (TPSA) is 65.0 Å². The van der Waals surface area contributed by atoms with Gasteiger partial charge in [-0.05, 0) is 47.3 Å². The molecule has 7 heteroatoms. The summed E-state index contributed by atoms with van der Waals surface area (Å²) in [6.45, 7) is 17.1. The highest BCUT2D eigenvalue weighted by molar-refractivity contribution is 6.99. The average Bonchev–Trinajstić information content (AvgIpc) is 2.91. The Balaban J connectivity index is 2.01. The van der Waals surface area contributed by atoms with Gasteiger partial charge >= 0.3 is 5.97 Å². The molecule has 228 valence electrons. The number of aliphatic carboxylic acids is 1. The summed E-state index contributed by atoms with van der Waals surface area (Å²) in [7, 11) is -3.84. The highest BCUT2D eigenvalue weighted by atomic mass is 28.4. The fourth-order valence-corrected chi connectivity index (χ4v) is 10.5. The van der Waals surface area contributed by atoms with Gasteiger partial charge < -0.3 is 19.0 Å². The summed E-state index contributed by atoms with van der Waals surface area (Å²) >= 11 is 0. The van der Waals surface area contributed by atoms with Crippen LogP contribution in [-0.4, -0.2) is 53.1 Å². The zero-order valence-electron chi connectivity index (χ0n) is 26.5. The standard InChI is InChI=1S/C34H54O5Si2/c1-29(38-28-37-26-27-40(5,6)7)18-12-8-9-13-19-30(24-25-33(35)36)39-41(34(2,3)4,31-20-14-10-15-21-31)32-22-16-11-17-23-32/h10-11,14-17,20-25,29-30H,8-9,12-13,18-19,26-28H2,1-7H3,(H,35,36)/b25-24+/t29-,30+/m0/s1. The molecule has 0 amide bonds. The van der Waals surface area contributed by atoms with Crippen molar-refractivity contribution in [1.82, 2.24) is 0 Å². The number of rotatable bonds is 19. The van der Waals surface area contributed by atoms with Gasteiger partial charge in [0.25, 0.3) is 8.32 Å². The Morgan fingerprint density at radius 2 is 1.41 bits per heavy atom. The van der Waals surface area contributed by atoms with Crippen LogP contribution in [0.1, 0.15) is 66.2 Å². The van der Waals surface area contributed by atoms with Crippen LogP contribution in [-0.2, 0) is 18.7 Å². The minimum absolute atomic E-state index is 0.167. The highest BCUT2D eigenvalue weighted by Gasteiger charge is 2.51. The van der Waals surface area contributed by atoms with Crippen molar-refractivity contribution in [1.29, 1.82) is 0 Å². The summed E-state index contributed by atoms with van der Waals surface area (Å²) in [4.78, 5) is 11.5. The molecule has 0 aliphatic carbocycles. The smallest absolute Gasteiger partial charge is 0.328 e. The molecule has 1 N–H and O–H groups in total. The van der Waals surface area contributed by atoms with Gasteiger partial charge in [-0.3, -0.25) is 0 Å². The van der Waals surface area contributed by atoms with Crippen molar-refractivity contribution in [2.75, 3.05) is 13.4 Å². The van der Waals surface area contributed by atoms with Gasteiger partial charge in [0.2, 0.25) is 0 Å². The van der Waals surface area contributed by atoms with Crippen molar-refractivity contribution >= 4 is 32.7 Å². The number of carboxylic acids is 1. The van der Waals surface area contributed by atoms with Gasteiger partial charge in [0.1, 0.15) is 6.79 Å². The number of carboxylic acid groups (broad SMARTS) is 1. The Morgan fingerprint density at radius 1 is 0.878 bits per heavy atom. The Labute approximate surface area is 251 Å². The minimum atomic E-state index is -2.77. The van der Waals surface area contributed by atoms with Crippen molar-refractivity contribution in [2.24, 2.45) is 0 Å². The van der Waals surface area contributed by atoms with Gasteiger partial charge in [-0.25, -0.2) is 4.79 Å². The second-order valence-electron chi connectivity index (χ2n) is 13.3. The number of ether oxygens (including phenoxy) is 2. The molecule has 5 nitrogen and oxygen atoms in total. The fraction of sp³-hybridized carbons (Fsp3) is 0.559. The molecule has 0 aliphatic rings. The number of benzene rings is 2. The molecule has 0 saturated heterocycles. The van der Waals surface area contributed by atoms with Crippen molar-refractivity contribution < 1.29 is 23.8 Å². The summed E-state index contributed by atoms with van der Waals surface area (Å²) in [6, 6.07) is 22.2. The largest absolute Gasteiger partial charge is 0.478 e. The molecule has 0 aliphatic heterocycles. The van der Waals surface area contributed by atoms with E-state index in [-0.39, 0.29) is 17.2 Å². The van der Waals surface area contributed by atoms with Gasteiger partial charge in [0.05, 0.1) is 12.2 Å². The van der Waals surface area contributed by atoms with Crippen LogP contribution in [0, 0.1) is 0 Å². The molecule has 0 spiro atoms. The molecule has 0 saturated carbocycles. The lowest BCUT2D eigenvalue weighted by atomic mass is 10.1. The van der Waals surface area contributed by atoms with Crippen molar-refractivity contribution in [3.63, 3.8) is 0 Å². The number of hydrogen-bond acceptors (Lipinski definition) is 4. The first kappa shape index (κ1) is 35.2. The van der Waals surface area contributed by atoms with E-state index in [2.05, 4.69) is 95.9 Å². The molecule has 2 rings (SSSR count). The van der Waals surface area contributed by atoms with Gasteiger partial charge in [-0.1, -0.05) is 127 Å². The summed E-state index contributed by atoms with van der Waals surface area (Å²) in [5.41, 5.74) is 0. The van der Waals surface area contributed by atoms with Crippen LogP contribution in [0.2, 0.25) is 30.7 Å². The third-order valence-corrected chi connectivity index (χ3v) is 14.2. The van der Waals surface area contributed by atoms with Crippen LogP contribution in [0.25, 0.3) is 0 Å². The van der Waals surface area contributed by atoms with E-state index in [4.69, 9.17) is 13.9 Å². The Kier molecular flexibility index (Phi) is 14.7. The van der Waals surface area contributed by atoms with Gasteiger partial charge in [0, 0.05) is 20.8 Å². The van der Waals surface area contributed by atoms with E-state index in [1.807, 2.05) is 12.1 Å². The molecule has 2 atom stereocenters. The summed E-state index contributed by atoms with van der Waals surface area (Å²) in [6.07, 6.45) is 8.94. The van der Waals surface area contributed by atoms with E-state index in [1.165, 1.54) is 16.4 Å². The summed E-state index contributed by atoms with van der Waals surface area (Å²) in [5, 5.41) is 11.7. The lowest BCUT2D eigenvalue weighted by Gasteiger charge is -2.44. The van der Waals surface area contributed by atoms with E-state index in [0.29, 0.717) is 6.79 Å². The van der Waals surface area contributed by atoms with Crippen LogP contribution in [0.15, 0.2) is 72.8 Å². The summed E-state index contributed by atoms with van der Waals surface area (Å²) in [5.74, 6) is -0.945. The minimum Gasteiger partial charge on any atom is -0.478 e. The first-order valence-corrected chi connectivity index (χ1v) is 20.9. The SMILES string of the molecule is C[C@@H](CCCCCC[C@H](/C=C/C(=O)O)O[Si](c1ccccc1)(c1ccccc1)C(C)(C)C)OCOCC[Si](C)(C)C. The highest BCUT2D eigenvalue weighted by Crippen LogP contribution is 2.38. The molecule has 0 fully saturated rings. The third-order valence-electron chi connectivity index (χ3n) is 7.48. The Morgan fingerprint density at radius 3 is 1.90 bits per heavy atom. The monoisotopic (exact) mass is 598 g/mol. The lowest BCUT2D eigenvalue weighted by Crippen LogP contribution is -2.67. The lowest BCUT2D eigenvalue weighted by molar-refractivity contribution is -0.131. The van der Waals surface area contributed by atoms with Crippen molar-refractivity contribution in [3.05, 3.63) is 72.8 Å². The van der Waals surface area contributed by atoms with E-state index in [1.54, 1.807) is 6.08 Å². The van der Waals surface area contributed by atoms with E-state index >= 15 is 0 Å². The maximum Gasteiger partial charge on any atom is 0.328 e. The van der Waals surface area contributed by atoms with Crippen molar-refractivity contribution in [3.8, 4) is 0 Å². The molecule has 2 aromatic rings. The second kappa shape index (κ2) is 17.2. The van der Waals surface area contributed by atoms with Crippen LogP contribution in [0.4, 0.5) is 0 Å². The molecule has 0 radical (unpaired) electrons. The molecule has 0 unspecified atom stereocenters. The van der Waals surface area contributed by atoms with E-state index in [9.17, 15) is 9.90 Å². The van der Waals surface area contributed by atoms with Gasteiger partial charge in [0.15, 0.2) is 0 Å². The molecule has 0 heterocycles. The number of unbranched alkanes of at least 4 members (excludes halogenated alkanes) is 3. The first-order chi connectivity index (χ1) is 19.3. The molecular weight excluding hydrogens is 545 g/mol. The molecule has 0 bridgehead atoms. The van der Waals surface area contributed by atoms with E-state index in [0.717, 1.165) is 51.2 Å². The normalized spacial score (nSPS) is 14.3. The van der Waals surface area contributed by atoms with Gasteiger partial charge in [-0.15, -0.1) is 0 Å². The third kappa shape index (κ3) is 12.4.